The Kier molecular flexibility index (Phi) is 34.9. The molecule has 2 saturated heterocycles. The molecule has 12 amide bonds. The third-order valence-corrected chi connectivity index (χ3v) is 19.8. The van der Waals surface area contributed by atoms with Gasteiger partial charge >= 0.3 is 18.1 Å². The van der Waals surface area contributed by atoms with E-state index < -0.39 is 169 Å². The van der Waals surface area contributed by atoms with Crippen molar-refractivity contribution < 1.29 is 102 Å². The van der Waals surface area contributed by atoms with E-state index >= 15 is 0 Å². The first-order valence-corrected chi connectivity index (χ1v) is 36.4. The molecule has 3 aliphatic heterocycles. The van der Waals surface area contributed by atoms with E-state index in [0.29, 0.717) is 61.9 Å². The van der Waals surface area contributed by atoms with Crippen molar-refractivity contribution in [3.05, 3.63) is 77.9 Å². The van der Waals surface area contributed by atoms with Crippen LogP contribution in [0.2, 0.25) is 0 Å². The Balaban J connectivity index is 1.19. The number of nitrogens with two attached hydrogens (primary N) is 1. The van der Waals surface area contributed by atoms with Gasteiger partial charge in [-0.05, 0) is 92.4 Å². The van der Waals surface area contributed by atoms with Crippen molar-refractivity contribution in [2.24, 2.45) is 35.3 Å². The number of carboxylic acid groups (broad SMARTS) is 1. The molecule has 32 heteroatoms. The molecule has 0 aliphatic carbocycles. The minimum absolute atomic E-state index is 0.0667. The third kappa shape index (κ3) is 24.4. The summed E-state index contributed by atoms with van der Waals surface area (Å²) in [4.78, 5) is 165. The number of unbranched alkanes of at least 4 members (excludes halogenated alkanes) is 2. The Labute approximate surface area is 620 Å². The lowest BCUT2D eigenvalue weighted by Crippen LogP contribution is -2.61. The zero-order chi connectivity index (χ0) is 79.0. The number of aliphatic hydroxyl groups excluding tert-OH is 3. The number of aliphatic carboxylic acids is 1. The number of nitrogens with zero attached hydrogens (tertiary/aromatic N) is 4. The van der Waals surface area contributed by atoms with E-state index in [-0.39, 0.29) is 69.0 Å². The summed E-state index contributed by atoms with van der Waals surface area (Å²) in [6, 6.07) is 7.51. The van der Waals surface area contributed by atoms with Crippen LogP contribution >= 0.6 is 0 Å². The first kappa shape index (κ1) is 88.0. The summed E-state index contributed by atoms with van der Waals surface area (Å²) in [6.07, 6.45) is -7.34. The van der Waals surface area contributed by atoms with Gasteiger partial charge < -0.3 is 91.5 Å². The average Bonchev–Trinajstić information content (AvgIpc) is 1.01. The van der Waals surface area contributed by atoms with Gasteiger partial charge in [0.2, 0.25) is 41.4 Å². The van der Waals surface area contributed by atoms with Crippen LogP contribution in [0.1, 0.15) is 151 Å². The highest BCUT2D eigenvalue weighted by Crippen LogP contribution is 2.33. The molecule has 2 aromatic carbocycles. The number of nitrogens with one attached hydrogen (secondary N) is 6. The van der Waals surface area contributed by atoms with Gasteiger partial charge in [0, 0.05) is 72.2 Å². The van der Waals surface area contributed by atoms with Crippen LogP contribution in [0.25, 0.3) is 0 Å². The van der Waals surface area contributed by atoms with Crippen molar-refractivity contribution in [1.29, 1.82) is 0 Å². The van der Waals surface area contributed by atoms with Gasteiger partial charge in [-0.2, -0.15) is 0 Å². The minimum atomic E-state index is -1.95. The molecular weight excluding hydrogens is 1380 g/mol. The largest absolute Gasteiger partial charge is 0.479 e. The van der Waals surface area contributed by atoms with Gasteiger partial charge in [-0.3, -0.25) is 53.0 Å². The molecule has 0 aromatic heterocycles. The molecule has 32 nitrogen and oxygen atoms in total. The summed E-state index contributed by atoms with van der Waals surface area (Å²) in [5, 5.41) is 58.0. The normalized spacial score (nSPS) is 21.1. The standard InChI is InChI=1S/C74H113N11O21/c1-15-43(8)59(51(102-13)38-55(89)84-37-23-27-50(84)63(103-14)44(9)66(93)77-45(10)64(47-24-18-16-19-25-47)105-72-62(92)60(90)61(91)65(106-72)71(98)99)82(11)70(97)57(41(4)5)81-69(96)58(42(6)7)83(12)74(101)104-39-46-29-31-48(32-30-46)78-67(94)49(26-22-35-76-73(75)100)79-68(95)56(40(2)3)80-52(86)28-20-17-21-36-85-53(87)33-34-54(85)88/h16,18-19,24-25,29-34,40-45,49-51,56-65,72,90-92H,15,17,20-23,26-28,35-39H2,1-14H3,(H,77,93)(H,78,94)(H,79,95)(H,80,86)(H,81,96)(H,98,99)(H3,75,76,100). The van der Waals surface area contributed by atoms with Crippen LogP contribution < -0.4 is 37.6 Å². The number of ether oxygens (including phenoxy) is 5. The van der Waals surface area contributed by atoms with Gasteiger partial charge in [0.25, 0.3) is 11.8 Å². The summed E-state index contributed by atoms with van der Waals surface area (Å²) in [5.74, 6) is -8.39. The molecule has 12 N–H and O–H groups in total. The lowest BCUT2D eigenvalue weighted by molar-refractivity contribution is -0.307. The summed E-state index contributed by atoms with van der Waals surface area (Å²) >= 11 is 0. The molecular formula is C74H113N11O21. The number of likely N-dealkylation sites (N-methyl/N-ethyl adjacent to an activating group) is 2. The fourth-order valence-corrected chi connectivity index (χ4v) is 13.6. The second-order valence-corrected chi connectivity index (χ2v) is 28.6. The van der Waals surface area contributed by atoms with Gasteiger partial charge in [-0.25, -0.2) is 14.4 Å². The highest BCUT2D eigenvalue weighted by molar-refractivity contribution is 6.12. The topological polar surface area (TPSA) is 443 Å². The Morgan fingerprint density at radius 1 is 0.708 bits per heavy atom. The molecule has 0 saturated carbocycles. The number of carbonyl (C=O) groups is 12. The number of hydrogen-bond acceptors (Lipinski definition) is 20. The maximum absolute atomic E-state index is 14.9. The van der Waals surface area contributed by atoms with Gasteiger partial charge in [0.05, 0.1) is 42.7 Å². The van der Waals surface area contributed by atoms with Crippen molar-refractivity contribution in [3.63, 3.8) is 0 Å². The summed E-state index contributed by atoms with van der Waals surface area (Å²) in [6.45, 7) is 18.0. The van der Waals surface area contributed by atoms with Crippen LogP contribution in [0, 0.1) is 29.6 Å². The van der Waals surface area contributed by atoms with Crippen molar-refractivity contribution in [3.8, 4) is 0 Å². The number of hydrogen-bond donors (Lipinski definition) is 11. The monoisotopic (exact) mass is 1490 g/mol. The maximum Gasteiger partial charge on any atom is 0.410 e. The number of aliphatic hydroxyl groups is 3. The van der Waals surface area contributed by atoms with Gasteiger partial charge in [-0.1, -0.05) is 118 Å². The number of benzene rings is 2. The quantitative estimate of drug-likeness (QED) is 0.0337. The molecule has 590 valence electrons. The van der Waals surface area contributed by atoms with Crippen molar-refractivity contribution in [2.45, 2.75) is 231 Å². The van der Waals surface area contributed by atoms with E-state index in [0.717, 1.165) is 9.80 Å². The molecule has 5 rings (SSSR count). The summed E-state index contributed by atoms with van der Waals surface area (Å²) < 4.78 is 29.4. The van der Waals surface area contributed by atoms with Gasteiger partial charge in [0.1, 0.15) is 55.2 Å². The molecule has 0 bridgehead atoms. The van der Waals surface area contributed by atoms with Crippen LogP contribution in [0.15, 0.2) is 66.7 Å². The number of urea groups is 1. The molecule has 3 aliphatic rings. The van der Waals surface area contributed by atoms with Gasteiger partial charge in [0.15, 0.2) is 12.4 Å². The van der Waals surface area contributed by atoms with Crippen molar-refractivity contribution in [2.75, 3.05) is 53.3 Å². The second kappa shape index (κ2) is 42.0. The van der Waals surface area contributed by atoms with Crippen LogP contribution in [0.4, 0.5) is 15.3 Å². The van der Waals surface area contributed by atoms with Crippen LogP contribution in [0.3, 0.4) is 0 Å². The molecule has 2 aromatic rings. The number of carboxylic acids is 1. The van der Waals surface area contributed by atoms with Gasteiger partial charge in [-0.15, -0.1) is 0 Å². The van der Waals surface area contributed by atoms with E-state index in [1.54, 1.807) is 122 Å². The van der Waals surface area contributed by atoms with E-state index in [9.17, 15) is 78.0 Å². The minimum Gasteiger partial charge on any atom is -0.479 e. The smallest absolute Gasteiger partial charge is 0.410 e. The molecule has 0 radical (unpaired) electrons. The number of carbonyl (C=O) groups excluding carboxylic acids is 11. The lowest BCUT2D eigenvalue weighted by Gasteiger charge is -2.41. The predicted molar refractivity (Wildman–Crippen MR) is 387 cm³/mol. The Morgan fingerprint density at radius 3 is 1.92 bits per heavy atom. The molecule has 106 heavy (non-hydrogen) atoms. The first-order chi connectivity index (χ1) is 50.1. The highest BCUT2D eigenvalue weighted by Gasteiger charge is 2.50. The van der Waals surface area contributed by atoms with Crippen LogP contribution in [0.5, 0.6) is 0 Å². The number of likely N-dealkylation sites (tertiary alicyclic amines) is 1. The Hall–Kier alpha value is -8.66. The zero-order valence-electron chi connectivity index (χ0n) is 63.4. The first-order valence-electron chi connectivity index (χ1n) is 36.4. The van der Waals surface area contributed by atoms with E-state index in [2.05, 4.69) is 31.9 Å². The number of anilines is 1. The lowest BCUT2D eigenvalue weighted by atomic mass is 9.89. The predicted octanol–water partition coefficient (Wildman–Crippen LogP) is 2.99. The Morgan fingerprint density at radius 2 is 1.35 bits per heavy atom. The average molecular weight is 1490 g/mol. The second-order valence-electron chi connectivity index (χ2n) is 28.6. The highest BCUT2D eigenvalue weighted by atomic mass is 16.7. The number of primary amides is 1. The van der Waals surface area contributed by atoms with Crippen LogP contribution in [-0.4, -0.2) is 244 Å². The van der Waals surface area contributed by atoms with E-state index in [1.165, 1.54) is 38.3 Å². The fraction of sp³-hybridized carbons (Fsp3) is 0.649. The zero-order valence-corrected chi connectivity index (χ0v) is 63.4. The summed E-state index contributed by atoms with van der Waals surface area (Å²) in [5.41, 5.74) is 6.57. The number of imide groups is 1. The molecule has 17 atom stereocenters. The van der Waals surface area contributed by atoms with E-state index in [4.69, 9.17) is 29.4 Å². The SMILES string of the molecule is CCC(C)C(C(CC(=O)N1CCCC1C(OC)C(C)C(=O)NC(C)C(OC1OC(C(=O)O)C(O)C(O)C1O)c1ccccc1)OC)N(C)C(=O)C(NC(=O)C(C(C)C)N(C)C(=O)OCc1ccc(NC(=O)C(CCCNC(N)=O)NC(=O)C(NC(=O)CCCCCN2C(=O)C=CC2=O)C(C)C)cc1)C(C)C. The molecule has 3 heterocycles. The summed E-state index contributed by atoms with van der Waals surface area (Å²) in [7, 11) is 5.90. The fourth-order valence-electron chi connectivity index (χ4n) is 13.6. The third-order valence-electron chi connectivity index (χ3n) is 19.8. The van der Waals surface area contributed by atoms with Crippen molar-refractivity contribution in [1.82, 2.24) is 46.2 Å². The number of amides is 12. The molecule has 0 spiro atoms. The maximum atomic E-state index is 14.9. The number of rotatable bonds is 41. The van der Waals surface area contributed by atoms with E-state index in [1.807, 2.05) is 13.8 Å². The molecule has 2 fully saturated rings. The van der Waals surface area contributed by atoms with Crippen LogP contribution in [-0.2, 0) is 78.2 Å². The van der Waals surface area contributed by atoms with Crippen molar-refractivity contribution >= 4 is 76.9 Å². The molecule has 17 unspecified atom stereocenters. The Bertz CT molecular complexity index is 3310. The number of methoxy groups -OCH3 is 2.